The van der Waals surface area contributed by atoms with Crippen molar-refractivity contribution < 1.29 is 19.1 Å². The third kappa shape index (κ3) is 4.28. The number of nitrogens with one attached hydrogen (secondary N) is 1. The molecule has 9 heteroatoms. The lowest BCUT2D eigenvalue weighted by molar-refractivity contribution is 0.0609. The smallest absolute Gasteiger partial charge is 0.409 e. The van der Waals surface area contributed by atoms with Crippen LogP contribution in [0.3, 0.4) is 0 Å². The van der Waals surface area contributed by atoms with Crippen molar-refractivity contribution in [2.24, 2.45) is 5.10 Å². The monoisotopic (exact) mass is 401 g/mol. The van der Waals surface area contributed by atoms with Crippen LogP contribution in [-0.4, -0.2) is 72.6 Å². The summed E-state index contributed by atoms with van der Waals surface area (Å²) in [6.07, 6.45) is 3.92. The van der Waals surface area contributed by atoms with Crippen molar-refractivity contribution in [1.82, 2.24) is 20.1 Å². The molecule has 0 radical (unpaired) electrons. The first-order valence-corrected chi connectivity index (χ1v) is 9.46. The van der Waals surface area contributed by atoms with E-state index < -0.39 is 0 Å². The number of hydrogen-bond acceptors (Lipinski definition) is 6. The molecule has 3 amide bonds. The number of piperidine rings is 1. The highest BCUT2D eigenvalue weighted by atomic mass is 16.5. The van der Waals surface area contributed by atoms with Gasteiger partial charge in [0.25, 0.3) is 0 Å². The summed E-state index contributed by atoms with van der Waals surface area (Å²) >= 11 is 0. The second-order valence-electron chi connectivity index (χ2n) is 7.11. The first-order valence-electron chi connectivity index (χ1n) is 9.46. The van der Waals surface area contributed by atoms with Crippen LogP contribution < -0.4 is 10.2 Å². The summed E-state index contributed by atoms with van der Waals surface area (Å²) in [5.41, 5.74) is 3.23. The van der Waals surface area contributed by atoms with Gasteiger partial charge in [-0.3, -0.25) is 10.3 Å². The molecule has 0 aliphatic carbocycles. The Morgan fingerprint density at radius 3 is 2.76 bits per heavy atom. The zero-order valence-electron chi connectivity index (χ0n) is 16.8. The second kappa shape index (κ2) is 8.85. The maximum Gasteiger partial charge on any atom is 0.409 e. The number of benzene rings is 1. The minimum absolute atomic E-state index is 0.117. The van der Waals surface area contributed by atoms with E-state index in [-0.39, 0.29) is 17.7 Å². The van der Waals surface area contributed by atoms with Gasteiger partial charge in [0.2, 0.25) is 0 Å². The maximum atomic E-state index is 13.2. The molecule has 0 saturated carbocycles. The third-order valence-electron chi connectivity index (χ3n) is 5.48. The largest absolute Gasteiger partial charge is 0.497 e. The quantitative estimate of drug-likeness (QED) is 0.449. The van der Waals surface area contributed by atoms with Crippen molar-refractivity contribution in [3.63, 3.8) is 0 Å². The van der Waals surface area contributed by atoms with E-state index in [0.29, 0.717) is 39.0 Å². The Labute approximate surface area is 170 Å². The molecule has 2 aliphatic heterocycles. The predicted molar refractivity (Wildman–Crippen MR) is 108 cm³/mol. The molecular weight excluding hydrogens is 374 g/mol. The molecule has 0 aromatic heterocycles. The number of amides is 3. The molecule has 1 aromatic carbocycles. The van der Waals surface area contributed by atoms with Crippen LogP contribution in [0.15, 0.2) is 42.1 Å². The standard InChI is InChI=1S/C20H27N5O4/c1-4-21-22-15-24-14-20(8-10-23(11-9-20)19(27)29-3)25(18(24)26)13-16-6-5-7-17(12-16)28-2/h4-7,12,15,21H,1,8-11,13-14H2,2-3H3/b22-15-. The number of ether oxygens (including phenoxy) is 2. The SMILES string of the molecule is C=CN/N=C\N1CC2(CCN(C(=O)OC)CC2)N(Cc2cccc(OC)c2)C1=O. The van der Waals surface area contributed by atoms with Crippen molar-refractivity contribution >= 4 is 18.5 Å². The number of carbonyl (C=O) groups is 2. The number of hydrazone groups is 1. The highest BCUT2D eigenvalue weighted by Gasteiger charge is 2.51. The Hall–Kier alpha value is -3.23. The van der Waals surface area contributed by atoms with Crippen molar-refractivity contribution in [2.75, 3.05) is 33.9 Å². The molecule has 1 spiro atoms. The Bertz CT molecular complexity index is 789. The van der Waals surface area contributed by atoms with Gasteiger partial charge in [0.05, 0.1) is 26.3 Å². The Balaban J connectivity index is 1.83. The summed E-state index contributed by atoms with van der Waals surface area (Å²) in [5.74, 6) is 0.748. The van der Waals surface area contributed by atoms with E-state index >= 15 is 0 Å². The summed E-state index contributed by atoms with van der Waals surface area (Å²) in [6, 6.07) is 7.58. The lowest BCUT2D eigenvalue weighted by Crippen LogP contribution is -2.55. The van der Waals surface area contributed by atoms with Crippen LogP contribution in [0.4, 0.5) is 9.59 Å². The average Bonchev–Trinajstić information content (AvgIpc) is 2.99. The fourth-order valence-electron chi connectivity index (χ4n) is 3.93. The molecular formula is C20H27N5O4. The van der Waals surface area contributed by atoms with E-state index in [2.05, 4.69) is 17.1 Å². The summed E-state index contributed by atoms with van der Waals surface area (Å²) in [4.78, 5) is 30.2. The molecule has 2 saturated heterocycles. The zero-order valence-corrected chi connectivity index (χ0v) is 16.8. The molecule has 0 atom stereocenters. The minimum Gasteiger partial charge on any atom is -0.497 e. The molecule has 9 nitrogen and oxygen atoms in total. The summed E-state index contributed by atoms with van der Waals surface area (Å²) < 4.78 is 10.2. The van der Waals surface area contributed by atoms with Crippen LogP contribution in [0, 0.1) is 0 Å². The fourth-order valence-corrected chi connectivity index (χ4v) is 3.93. The molecule has 2 heterocycles. The summed E-state index contributed by atoms with van der Waals surface area (Å²) in [7, 11) is 3.00. The van der Waals surface area contributed by atoms with Gasteiger partial charge in [0.1, 0.15) is 12.1 Å². The van der Waals surface area contributed by atoms with Crippen molar-refractivity contribution in [2.45, 2.75) is 24.9 Å². The normalized spacial score (nSPS) is 18.4. The third-order valence-corrected chi connectivity index (χ3v) is 5.48. The van der Waals surface area contributed by atoms with Crippen LogP contribution in [0.2, 0.25) is 0 Å². The van der Waals surface area contributed by atoms with Crippen LogP contribution in [0.5, 0.6) is 5.75 Å². The first-order chi connectivity index (χ1) is 14.0. The average molecular weight is 401 g/mol. The van der Waals surface area contributed by atoms with Crippen LogP contribution in [-0.2, 0) is 11.3 Å². The highest BCUT2D eigenvalue weighted by Crippen LogP contribution is 2.37. The molecule has 3 rings (SSSR count). The Kier molecular flexibility index (Phi) is 6.26. The number of carbonyl (C=O) groups excluding carboxylic acids is 2. The predicted octanol–water partition coefficient (Wildman–Crippen LogP) is 2.21. The van der Waals surface area contributed by atoms with Gasteiger partial charge in [0, 0.05) is 25.8 Å². The van der Waals surface area contributed by atoms with Crippen molar-refractivity contribution in [3.8, 4) is 5.75 Å². The van der Waals surface area contributed by atoms with E-state index in [1.165, 1.54) is 19.6 Å². The number of rotatable bonds is 6. The van der Waals surface area contributed by atoms with Gasteiger partial charge >= 0.3 is 12.1 Å². The van der Waals surface area contributed by atoms with E-state index in [0.717, 1.165) is 11.3 Å². The van der Waals surface area contributed by atoms with Gasteiger partial charge < -0.3 is 19.3 Å². The molecule has 2 fully saturated rings. The number of urea groups is 1. The van der Waals surface area contributed by atoms with E-state index in [1.54, 1.807) is 16.9 Å². The number of hydrogen-bond donors (Lipinski definition) is 1. The van der Waals surface area contributed by atoms with Gasteiger partial charge in [-0.15, -0.1) is 0 Å². The van der Waals surface area contributed by atoms with E-state index in [1.807, 2.05) is 29.2 Å². The second-order valence-corrected chi connectivity index (χ2v) is 7.11. The topological polar surface area (TPSA) is 86.7 Å². The lowest BCUT2D eigenvalue weighted by atomic mass is 9.86. The van der Waals surface area contributed by atoms with Crippen LogP contribution in [0.1, 0.15) is 18.4 Å². The van der Waals surface area contributed by atoms with Gasteiger partial charge in [0.15, 0.2) is 0 Å². The minimum atomic E-state index is -0.384. The molecule has 1 N–H and O–H groups in total. The molecule has 0 bridgehead atoms. The maximum absolute atomic E-state index is 13.2. The number of likely N-dealkylation sites (tertiary alicyclic amines) is 1. The highest BCUT2D eigenvalue weighted by molar-refractivity contribution is 5.89. The van der Waals surface area contributed by atoms with Crippen LogP contribution in [0.25, 0.3) is 0 Å². The molecule has 0 unspecified atom stereocenters. The lowest BCUT2D eigenvalue weighted by Gasteiger charge is -2.43. The molecule has 1 aromatic rings. The van der Waals surface area contributed by atoms with Crippen molar-refractivity contribution in [3.05, 3.63) is 42.6 Å². The first kappa shape index (κ1) is 20.5. The van der Waals surface area contributed by atoms with E-state index in [4.69, 9.17) is 9.47 Å². The summed E-state index contributed by atoms with van der Waals surface area (Å²) in [5, 5.41) is 4.01. The van der Waals surface area contributed by atoms with Gasteiger partial charge in [-0.1, -0.05) is 18.7 Å². The fraction of sp³-hybridized carbons (Fsp3) is 0.450. The van der Waals surface area contributed by atoms with E-state index in [9.17, 15) is 9.59 Å². The Morgan fingerprint density at radius 2 is 2.10 bits per heavy atom. The molecule has 29 heavy (non-hydrogen) atoms. The van der Waals surface area contributed by atoms with Crippen LogP contribution >= 0.6 is 0 Å². The number of methoxy groups -OCH3 is 2. The zero-order chi connectivity index (χ0) is 20.9. The van der Waals surface area contributed by atoms with Gasteiger partial charge in [-0.25, -0.2) is 9.59 Å². The number of nitrogens with zero attached hydrogens (tertiary/aromatic N) is 4. The van der Waals surface area contributed by atoms with Gasteiger partial charge in [-0.2, -0.15) is 5.10 Å². The van der Waals surface area contributed by atoms with Crippen molar-refractivity contribution in [1.29, 1.82) is 0 Å². The molecule has 156 valence electrons. The summed E-state index contributed by atoms with van der Waals surface area (Å²) in [6.45, 7) is 5.57. The van der Waals surface area contributed by atoms with Gasteiger partial charge in [-0.05, 0) is 30.5 Å². The Morgan fingerprint density at radius 1 is 1.34 bits per heavy atom. The molecule has 2 aliphatic rings.